The summed E-state index contributed by atoms with van der Waals surface area (Å²) in [5.74, 6) is 0.172. The molecular weight excluding hydrogens is 514 g/mol. The second kappa shape index (κ2) is 12.4. The molecule has 172 valence electrons. The molecule has 0 saturated heterocycles. The quantitative estimate of drug-likeness (QED) is 0.274. The van der Waals surface area contributed by atoms with Crippen molar-refractivity contribution in [3.05, 3.63) is 23.8 Å². The second-order valence-corrected chi connectivity index (χ2v) is 7.10. The lowest BCUT2D eigenvalue weighted by Gasteiger charge is -2.32. The van der Waals surface area contributed by atoms with Crippen molar-refractivity contribution in [1.29, 1.82) is 0 Å². The van der Waals surface area contributed by atoms with Crippen molar-refractivity contribution in [3.63, 3.8) is 0 Å². The van der Waals surface area contributed by atoms with E-state index in [9.17, 15) is 18.3 Å². The lowest BCUT2D eigenvalue weighted by Crippen LogP contribution is -2.47. The van der Waals surface area contributed by atoms with Gasteiger partial charge in [-0.05, 0) is 43.9 Å². The molecule has 2 rings (SSSR count). The molecule has 0 bridgehead atoms. The fraction of sp³-hybridized carbons (Fsp3) is 0.650. The highest BCUT2D eigenvalue weighted by Crippen LogP contribution is 2.37. The zero-order valence-electron chi connectivity index (χ0n) is 17.5. The number of nitrogens with zero attached hydrogens (tertiary/aromatic N) is 1. The van der Waals surface area contributed by atoms with Crippen LogP contribution >= 0.6 is 24.0 Å². The van der Waals surface area contributed by atoms with Crippen molar-refractivity contribution in [3.8, 4) is 11.5 Å². The summed E-state index contributed by atoms with van der Waals surface area (Å²) in [6.07, 6.45) is -3.66. The predicted octanol–water partition coefficient (Wildman–Crippen LogP) is 4.03. The van der Waals surface area contributed by atoms with Gasteiger partial charge in [0.2, 0.25) is 0 Å². The number of hydrogen-bond acceptors (Lipinski definition) is 4. The fourth-order valence-electron chi connectivity index (χ4n) is 3.47. The Labute approximate surface area is 192 Å². The maximum Gasteiger partial charge on any atom is 0.391 e. The van der Waals surface area contributed by atoms with Gasteiger partial charge in [-0.15, -0.1) is 24.0 Å². The number of methoxy groups -OCH3 is 2. The number of nitrogens with one attached hydrogen (secondary N) is 2. The molecule has 30 heavy (non-hydrogen) atoms. The van der Waals surface area contributed by atoms with E-state index < -0.39 is 18.2 Å². The first-order valence-corrected chi connectivity index (χ1v) is 9.80. The Morgan fingerprint density at radius 3 is 2.53 bits per heavy atom. The van der Waals surface area contributed by atoms with Gasteiger partial charge in [0.05, 0.1) is 32.8 Å². The van der Waals surface area contributed by atoms with Crippen LogP contribution in [0.5, 0.6) is 11.5 Å². The van der Waals surface area contributed by atoms with Crippen molar-refractivity contribution in [2.45, 2.75) is 50.9 Å². The number of benzene rings is 1. The van der Waals surface area contributed by atoms with E-state index in [1.165, 1.54) is 14.2 Å². The molecule has 0 aromatic heterocycles. The second-order valence-electron chi connectivity index (χ2n) is 7.10. The Kier molecular flexibility index (Phi) is 11.0. The molecule has 3 atom stereocenters. The molecule has 6 nitrogen and oxygen atoms in total. The topological polar surface area (TPSA) is 75.1 Å². The molecular formula is C20H31F3IN3O3. The van der Waals surface area contributed by atoms with Crippen LogP contribution in [0.25, 0.3) is 0 Å². The molecule has 3 unspecified atom stereocenters. The Bertz CT molecular complexity index is 689. The van der Waals surface area contributed by atoms with Gasteiger partial charge in [-0.3, -0.25) is 4.99 Å². The van der Waals surface area contributed by atoms with Crippen LogP contribution in [0.2, 0.25) is 0 Å². The average Bonchev–Trinajstić information content (AvgIpc) is 2.71. The molecule has 0 radical (unpaired) electrons. The molecule has 0 heterocycles. The molecule has 1 aromatic carbocycles. The van der Waals surface area contributed by atoms with Gasteiger partial charge < -0.3 is 25.2 Å². The van der Waals surface area contributed by atoms with Crippen LogP contribution in [0.3, 0.4) is 0 Å². The van der Waals surface area contributed by atoms with Gasteiger partial charge in [-0.25, -0.2) is 0 Å². The molecule has 1 aliphatic carbocycles. The molecule has 0 aliphatic heterocycles. The number of rotatable bonds is 7. The predicted molar refractivity (Wildman–Crippen MR) is 121 cm³/mol. The van der Waals surface area contributed by atoms with Crippen molar-refractivity contribution >= 4 is 29.9 Å². The number of aliphatic hydroxyl groups excluding tert-OH is 1. The summed E-state index contributed by atoms with van der Waals surface area (Å²) in [7, 11) is 3.04. The van der Waals surface area contributed by atoms with Crippen molar-refractivity contribution in [2.75, 3.05) is 27.3 Å². The van der Waals surface area contributed by atoms with Crippen LogP contribution in [0.1, 0.15) is 44.3 Å². The smallest absolute Gasteiger partial charge is 0.391 e. The van der Waals surface area contributed by atoms with Crippen molar-refractivity contribution in [2.24, 2.45) is 10.9 Å². The summed E-state index contributed by atoms with van der Waals surface area (Å²) in [5, 5.41) is 16.6. The maximum absolute atomic E-state index is 13.0. The number of alkyl halides is 3. The van der Waals surface area contributed by atoms with Crippen molar-refractivity contribution < 1.29 is 27.8 Å². The molecule has 0 amide bonds. The zero-order valence-corrected chi connectivity index (χ0v) is 19.8. The fourth-order valence-corrected chi connectivity index (χ4v) is 3.47. The van der Waals surface area contributed by atoms with E-state index in [1.54, 1.807) is 18.2 Å². The van der Waals surface area contributed by atoms with Crippen LogP contribution in [0, 0.1) is 5.92 Å². The Hall–Kier alpha value is -1.43. The summed E-state index contributed by atoms with van der Waals surface area (Å²) in [6.45, 7) is 2.50. The Balaban J connectivity index is 0.00000450. The van der Waals surface area contributed by atoms with E-state index in [2.05, 4.69) is 15.6 Å². The molecule has 1 aliphatic rings. The number of halogens is 4. The minimum Gasteiger partial charge on any atom is -0.493 e. The highest BCUT2D eigenvalue weighted by atomic mass is 127. The molecule has 0 spiro atoms. The number of aliphatic hydroxyl groups is 1. The van der Waals surface area contributed by atoms with Crippen LogP contribution in [-0.2, 0) is 0 Å². The lowest BCUT2D eigenvalue weighted by molar-refractivity contribution is -0.183. The standard InChI is InChI=1S/C20H30F3N3O3.HI/c1-4-24-19(26-15-7-5-6-14(11-15)20(21,22)23)25-12-16(27)13-8-9-17(28-2)18(10-13)29-3;/h8-10,14-16,27H,4-7,11-12H2,1-3H3,(H2,24,25,26);1H. The summed E-state index contributed by atoms with van der Waals surface area (Å²) < 4.78 is 49.5. The Morgan fingerprint density at radius 2 is 1.93 bits per heavy atom. The minimum absolute atomic E-state index is 0. The highest BCUT2D eigenvalue weighted by molar-refractivity contribution is 14.0. The van der Waals surface area contributed by atoms with Gasteiger partial charge in [0.1, 0.15) is 0 Å². The number of guanidine groups is 1. The number of ether oxygens (including phenoxy) is 2. The third-order valence-corrected chi connectivity index (χ3v) is 5.04. The first-order chi connectivity index (χ1) is 13.8. The van der Waals surface area contributed by atoms with Crippen LogP contribution in [0.4, 0.5) is 13.2 Å². The monoisotopic (exact) mass is 545 g/mol. The van der Waals surface area contributed by atoms with E-state index in [0.29, 0.717) is 42.4 Å². The van der Waals surface area contributed by atoms with E-state index in [0.717, 1.165) is 0 Å². The lowest BCUT2D eigenvalue weighted by atomic mass is 9.85. The van der Waals surface area contributed by atoms with Crippen molar-refractivity contribution in [1.82, 2.24) is 10.6 Å². The van der Waals surface area contributed by atoms with Gasteiger partial charge in [0.15, 0.2) is 17.5 Å². The first-order valence-electron chi connectivity index (χ1n) is 9.80. The molecule has 1 aromatic rings. The van der Waals surface area contributed by atoms with E-state index >= 15 is 0 Å². The Morgan fingerprint density at radius 1 is 1.23 bits per heavy atom. The molecule has 1 fully saturated rings. The van der Waals surface area contributed by atoms with Gasteiger partial charge in [0, 0.05) is 12.6 Å². The molecule has 1 saturated carbocycles. The highest BCUT2D eigenvalue weighted by Gasteiger charge is 2.42. The number of hydrogen-bond donors (Lipinski definition) is 3. The largest absolute Gasteiger partial charge is 0.493 e. The van der Waals surface area contributed by atoms with Crippen LogP contribution in [0.15, 0.2) is 23.2 Å². The van der Waals surface area contributed by atoms with Gasteiger partial charge in [-0.1, -0.05) is 12.5 Å². The summed E-state index contributed by atoms with van der Waals surface area (Å²) >= 11 is 0. The summed E-state index contributed by atoms with van der Waals surface area (Å²) in [5.41, 5.74) is 0.608. The maximum atomic E-state index is 13.0. The van der Waals surface area contributed by atoms with E-state index in [-0.39, 0.29) is 49.4 Å². The molecule has 10 heteroatoms. The third kappa shape index (κ3) is 7.68. The third-order valence-electron chi connectivity index (χ3n) is 5.04. The van der Waals surface area contributed by atoms with E-state index in [4.69, 9.17) is 9.47 Å². The van der Waals surface area contributed by atoms with Crippen LogP contribution in [-0.4, -0.2) is 50.6 Å². The van der Waals surface area contributed by atoms with Gasteiger partial charge >= 0.3 is 6.18 Å². The van der Waals surface area contributed by atoms with Gasteiger partial charge in [-0.2, -0.15) is 13.2 Å². The minimum atomic E-state index is -4.17. The van der Waals surface area contributed by atoms with Crippen LogP contribution < -0.4 is 20.1 Å². The SMILES string of the molecule is CCNC(=NCC(O)c1ccc(OC)c(OC)c1)NC1CCCC(C(F)(F)F)C1.I. The summed E-state index contributed by atoms with van der Waals surface area (Å²) in [6, 6.07) is 4.79. The number of aliphatic imine (C=N–C) groups is 1. The first kappa shape index (κ1) is 26.6. The summed E-state index contributed by atoms with van der Waals surface area (Å²) in [4.78, 5) is 4.36. The van der Waals surface area contributed by atoms with Gasteiger partial charge in [0.25, 0.3) is 0 Å². The van der Waals surface area contributed by atoms with E-state index in [1.807, 2.05) is 6.92 Å². The normalized spacial score (nSPS) is 20.7. The molecule has 3 N–H and O–H groups in total. The zero-order chi connectivity index (χ0) is 21.4. The average molecular weight is 545 g/mol.